The zero-order valence-electron chi connectivity index (χ0n) is 34.4. The maximum atomic E-state index is 13.2. The van der Waals surface area contributed by atoms with E-state index < -0.39 is 0 Å². The lowest BCUT2D eigenvalue weighted by Gasteiger charge is -2.73. The van der Waals surface area contributed by atoms with E-state index in [4.69, 9.17) is 4.74 Å². The van der Waals surface area contributed by atoms with E-state index >= 15 is 0 Å². The monoisotopic (exact) mass is 689 g/mol. The van der Waals surface area contributed by atoms with E-state index in [1.54, 1.807) is 0 Å². The predicted molar refractivity (Wildman–Crippen MR) is 214 cm³/mol. The number of ether oxygens (including phenoxy) is 1. The van der Waals surface area contributed by atoms with Gasteiger partial charge >= 0.3 is 5.97 Å². The molecule has 284 valence electrons. The Morgan fingerprint density at radius 1 is 0.700 bits per heavy atom. The fourth-order valence-electron chi connectivity index (χ4n) is 14.0. The van der Waals surface area contributed by atoms with Crippen molar-refractivity contribution >= 4 is 5.97 Å². The normalized spacial score (nSPS) is 40.6. The number of carbonyl (C=O) groups is 1. The van der Waals surface area contributed by atoms with Crippen LogP contribution in [0.2, 0.25) is 0 Å². The van der Waals surface area contributed by atoms with Crippen LogP contribution in [0, 0.1) is 56.7 Å². The van der Waals surface area contributed by atoms with Crippen molar-refractivity contribution in [1.82, 2.24) is 0 Å². The number of carbonyl (C=O) groups excluding carboxylic acids is 1. The highest BCUT2D eigenvalue weighted by atomic mass is 16.5. The lowest BCUT2D eigenvalue weighted by atomic mass is 9.32. The highest BCUT2D eigenvalue weighted by Gasteiger charge is 2.70. The van der Waals surface area contributed by atoms with Gasteiger partial charge in [-0.3, -0.25) is 4.79 Å². The van der Waals surface area contributed by atoms with Crippen LogP contribution in [-0.2, 0) is 9.53 Å². The van der Waals surface area contributed by atoms with Crippen LogP contribution in [0.3, 0.4) is 0 Å². The lowest BCUT2D eigenvalue weighted by Crippen LogP contribution is -2.66. The van der Waals surface area contributed by atoms with E-state index in [0.29, 0.717) is 34.0 Å². The maximum absolute atomic E-state index is 13.2. The standard InChI is InChI=1S/C48H80O2/c1-10-11-12-13-14-15-16-17-18-19-20-21-22-23-24-25-42(49)50-41-30-32-46(7)39(44(41,4)5)29-33-48(9)40(46)27-26-38-43-37(36(2)3)28-31-45(43,6)34-35-47(38,48)8/h14-15,17-18,37-41,43H,2,10-13,16,19-35H2,1,3-9H3/b15-14-,18-17-/t37-,38+,39-,40+,41-,43+,45+,46-,47+,48+/m0/s1. The first-order valence-corrected chi connectivity index (χ1v) is 21.9. The summed E-state index contributed by atoms with van der Waals surface area (Å²) in [6, 6.07) is 0. The van der Waals surface area contributed by atoms with Crippen LogP contribution in [-0.4, -0.2) is 12.1 Å². The second kappa shape index (κ2) is 16.4. The van der Waals surface area contributed by atoms with Crippen molar-refractivity contribution in [3.8, 4) is 0 Å². The first-order chi connectivity index (χ1) is 23.7. The Morgan fingerprint density at radius 3 is 2.08 bits per heavy atom. The van der Waals surface area contributed by atoms with Crippen LogP contribution in [0.4, 0.5) is 0 Å². The van der Waals surface area contributed by atoms with Gasteiger partial charge < -0.3 is 4.74 Å². The van der Waals surface area contributed by atoms with Gasteiger partial charge in [0.1, 0.15) is 6.10 Å². The molecule has 0 aromatic carbocycles. The minimum Gasteiger partial charge on any atom is -0.462 e. The van der Waals surface area contributed by atoms with Gasteiger partial charge in [0.2, 0.25) is 0 Å². The molecule has 0 heterocycles. The molecule has 2 nitrogen and oxygen atoms in total. The first-order valence-electron chi connectivity index (χ1n) is 21.9. The van der Waals surface area contributed by atoms with Crippen molar-refractivity contribution in [2.24, 2.45) is 56.7 Å². The largest absolute Gasteiger partial charge is 0.462 e. The number of hydrogen-bond acceptors (Lipinski definition) is 2. The van der Waals surface area contributed by atoms with Gasteiger partial charge in [0.25, 0.3) is 0 Å². The molecule has 10 atom stereocenters. The van der Waals surface area contributed by atoms with Gasteiger partial charge in [-0.05, 0) is 161 Å². The van der Waals surface area contributed by atoms with E-state index in [0.717, 1.165) is 49.4 Å². The van der Waals surface area contributed by atoms with E-state index in [1.807, 2.05) is 0 Å². The molecule has 0 N–H and O–H groups in total. The van der Waals surface area contributed by atoms with Crippen LogP contribution < -0.4 is 0 Å². The Kier molecular flexibility index (Phi) is 13.1. The van der Waals surface area contributed by atoms with Gasteiger partial charge in [-0.1, -0.05) is 117 Å². The van der Waals surface area contributed by atoms with Crippen LogP contribution in [0.25, 0.3) is 0 Å². The van der Waals surface area contributed by atoms with Crippen molar-refractivity contribution in [3.63, 3.8) is 0 Å². The molecule has 0 unspecified atom stereocenters. The fraction of sp³-hybridized carbons (Fsp3) is 0.854. The lowest BCUT2D eigenvalue weighted by molar-refractivity contribution is -0.249. The topological polar surface area (TPSA) is 26.3 Å². The zero-order chi connectivity index (χ0) is 36.2. The zero-order valence-corrected chi connectivity index (χ0v) is 34.4. The van der Waals surface area contributed by atoms with E-state index in [-0.39, 0.29) is 17.5 Å². The number of fused-ring (bicyclic) bond motifs is 7. The number of esters is 1. The van der Waals surface area contributed by atoms with Crippen molar-refractivity contribution in [3.05, 3.63) is 36.5 Å². The quantitative estimate of drug-likeness (QED) is 0.0916. The van der Waals surface area contributed by atoms with Crippen LogP contribution in [0.15, 0.2) is 36.5 Å². The minimum absolute atomic E-state index is 0.0295. The highest BCUT2D eigenvalue weighted by Crippen LogP contribution is 2.77. The molecule has 0 amide bonds. The molecular weight excluding hydrogens is 609 g/mol. The van der Waals surface area contributed by atoms with Gasteiger partial charge in [0.05, 0.1) is 0 Å². The van der Waals surface area contributed by atoms with E-state index in [1.165, 1.54) is 115 Å². The molecule has 0 radical (unpaired) electrons. The number of rotatable bonds is 16. The Morgan fingerprint density at radius 2 is 1.38 bits per heavy atom. The molecule has 5 aliphatic carbocycles. The smallest absolute Gasteiger partial charge is 0.306 e. The Balaban J connectivity index is 1.08. The molecule has 50 heavy (non-hydrogen) atoms. The fourth-order valence-corrected chi connectivity index (χ4v) is 14.0. The molecule has 0 aromatic heterocycles. The second-order valence-electron chi connectivity index (χ2n) is 20.2. The number of allylic oxidation sites excluding steroid dienone is 5. The summed E-state index contributed by atoms with van der Waals surface area (Å²) in [7, 11) is 0. The molecule has 0 aliphatic heterocycles. The highest BCUT2D eigenvalue weighted by molar-refractivity contribution is 5.69. The van der Waals surface area contributed by atoms with Crippen molar-refractivity contribution < 1.29 is 9.53 Å². The van der Waals surface area contributed by atoms with E-state index in [9.17, 15) is 4.79 Å². The van der Waals surface area contributed by atoms with Gasteiger partial charge in [0.15, 0.2) is 0 Å². The van der Waals surface area contributed by atoms with E-state index in [2.05, 4.69) is 86.3 Å². The van der Waals surface area contributed by atoms with Crippen LogP contribution in [0.1, 0.15) is 197 Å². The van der Waals surface area contributed by atoms with Gasteiger partial charge in [-0.15, -0.1) is 0 Å². The molecule has 5 saturated carbocycles. The summed E-state index contributed by atoms with van der Waals surface area (Å²) in [5, 5.41) is 0. The molecule has 0 bridgehead atoms. The summed E-state index contributed by atoms with van der Waals surface area (Å²) in [4.78, 5) is 13.2. The molecule has 2 heteroatoms. The molecular formula is C48H80O2. The summed E-state index contributed by atoms with van der Waals surface area (Å²) < 4.78 is 6.42. The average Bonchev–Trinajstić information content (AvgIpc) is 3.42. The van der Waals surface area contributed by atoms with Gasteiger partial charge in [-0.25, -0.2) is 0 Å². The Labute approximate surface area is 310 Å². The molecule has 0 aromatic rings. The Bertz CT molecular complexity index is 1210. The number of hydrogen-bond donors (Lipinski definition) is 0. The maximum Gasteiger partial charge on any atom is 0.306 e. The third-order valence-electron chi connectivity index (χ3n) is 17.0. The van der Waals surface area contributed by atoms with Gasteiger partial charge in [0, 0.05) is 11.8 Å². The average molecular weight is 689 g/mol. The number of unbranched alkanes of at least 4 members (excludes halogenated alkanes) is 8. The van der Waals surface area contributed by atoms with Crippen LogP contribution in [0.5, 0.6) is 0 Å². The van der Waals surface area contributed by atoms with Crippen molar-refractivity contribution in [1.29, 1.82) is 0 Å². The summed E-state index contributed by atoms with van der Waals surface area (Å²) >= 11 is 0. The van der Waals surface area contributed by atoms with Crippen molar-refractivity contribution in [2.75, 3.05) is 0 Å². The first kappa shape index (κ1) is 39.9. The second-order valence-corrected chi connectivity index (χ2v) is 20.2. The Hall–Kier alpha value is -1.31. The summed E-state index contributed by atoms with van der Waals surface area (Å²) in [5.74, 6) is 3.84. The minimum atomic E-state index is 0.0295. The van der Waals surface area contributed by atoms with Crippen molar-refractivity contribution in [2.45, 2.75) is 203 Å². The summed E-state index contributed by atoms with van der Waals surface area (Å²) in [6.07, 6.45) is 36.6. The molecule has 5 aliphatic rings. The third-order valence-corrected chi connectivity index (χ3v) is 17.0. The summed E-state index contributed by atoms with van der Waals surface area (Å²) in [6.45, 7) is 24.9. The summed E-state index contributed by atoms with van der Waals surface area (Å²) in [5.41, 5.74) is 3.15. The van der Waals surface area contributed by atoms with Crippen LogP contribution >= 0.6 is 0 Å². The molecule has 5 rings (SSSR count). The SMILES string of the molecule is C=C(C)[C@@H]1CC[C@]2(C)CC[C@]3(C)[C@H](CC[C@@H]4[C@@]5(C)CC[C@H](OC(=O)CCCCCCC/C=C\C/C=C\CCCCC)C(C)(C)[C@@H]5CC[C@]43C)[C@@H]12. The molecule has 5 fully saturated rings. The molecule has 0 saturated heterocycles. The predicted octanol–water partition coefficient (Wildman–Crippen LogP) is 14.4. The third kappa shape index (κ3) is 7.68. The van der Waals surface area contributed by atoms with Gasteiger partial charge in [-0.2, -0.15) is 0 Å². The molecule has 0 spiro atoms.